The molecule has 1 aromatic carbocycles. The van der Waals surface area contributed by atoms with Gasteiger partial charge in [0.05, 0.1) is 6.54 Å². The first kappa shape index (κ1) is 15.2. The van der Waals surface area contributed by atoms with E-state index in [0.29, 0.717) is 13.2 Å². The number of hydrogen-bond donors (Lipinski definition) is 1. The van der Waals surface area contributed by atoms with Gasteiger partial charge in [0.1, 0.15) is 12.4 Å². The van der Waals surface area contributed by atoms with Crippen LogP contribution in [0.25, 0.3) is 0 Å². The third-order valence-electron chi connectivity index (χ3n) is 3.53. The van der Waals surface area contributed by atoms with Crippen molar-refractivity contribution in [2.45, 2.75) is 19.8 Å². The zero-order valence-corrected chi connectivity index (χ0v) is 13.4. The Balaban J connectivity index is 1.63. The van der Waals surface area contributed by atoms with Crippen molar-refractivity contribution in [2.75, 3.05) is 26.2 Å². The van der Waals surface area contributed by atoms with Gasteiger partial charge in [-0.2, -0.15) is 0 Å². The molecule has 0 aliphatic carbocycles. The highest BCUT2D eigenvalue weighted by Crippen LogP contribution is 2.16. The van der Waals surface area contributed by atoms with Crippen LogP contribution in [0.2, 0.25) is 0 Å². The van der Waals surface area contributed by atoms with Gasteiger partial charge < -0.3 is 15.0 Å². The summed E-state index contributed by atoms with van der Waals surface area (Å²) >= 11 is 3.38. The van der Waals surface area contributed by atoms with Crippen LogP contribution in [0.3, 0.4) is 0 Å². The molecule has 0 unspecified atom stereocenters. The Kier molecular flexibility index (Phi) is 5.71. The molecule has 110 valence electrons. The van der Waals surface area contributed by atoms with Gasteiger partial charge in [0.2, 0.25) is 0 Å². The van der Waals surface area contributed by atoms with Crippen molar-refractivity contribution < 1.29 is 9.53 Å². The van der Waals surface area contributed by atoms with Crippen LogP contribution in [-0.2, 0) is 0 Å². The van der Waals surface area contributed by atoms with E-state index in [0.717, 1.165) is 42.1 Å². The van der Waals surface area contributed by atoms with Gasteiger partial charge in [-0.3, -0.25) is 0 Å². The Hall–Kier alpha value is -1.23. The number of nitrogens with zero attached hydrogens (tertiary/aromatic N) is 1. The lowest BCUT2D eigenvalue weighted by atomic mass is 10.00. The summed E-state index contributed by atoms with van der Waals surface area (Å²) in [5.74, 6) is 1.55. The highest BCUT2D eigenvalue weighted by Gasteiger charge is 2.19. The van der Waals surface area contributed by atoms with E-state index in [-0.39, 0.29) is 6.03 Å². The van der Waals surface area contributed by atoms with Gasteiger partial charge in [-0.05, 0) is 43.0 Å². The number of ether oxygens (including phenoxy) is 1. The number of hydrogen-bond acceptors (Lipinski definition) is 2. The van der Waals surface area contributed by atoms with E-state index in [1.54, 1.807) is 0 Å². The molecule has 1 aliphatic rings. The third kappa shape index (κ3) is 4.71. The summed E-state index contributed by atoms with van der Waals surface area (Å²) in [5, 5.41) is 2.90. The maximum atomic E-state index is 11.9. The lowest BCUT2D eigenvalue weighted by Crippen LogP contribution is -2.45. The third-order valence-corrected chi connectivity index (χ3v) is 4.06. The summed E-state index contributed by atoms with van der Waals surface area (Å²) in [7, 11) is 0. The Morgan fingerprint density at radius 1 is 1.35 bits per heavy atom. The van der Waals surface area contributed by atoms with Crippen molar-refractivity contribution >= 4 is 22.0 Å². The molecule has 2 rings (SSSR count). The van der Waals surface area contributed by atoms with Gasteiger partial charge >= 0.3 is 6.03 Å². The Morgan fingerprint density at radius 3 is 2.65 bits per heavy atom. The highest BCUT2D eigenvalue weighted by molar-refractivity contribution is 9.10. The zero-order chi connectivity index (χ0) is 14.4. The van der Waals surface area contributed by atoms with Crippen LogP contribution in [0.15, 0.2) is 28.7 Å². The summed E-state index contributed by atoms with van der Waals surface area (Å²) in [6.45, 7) is 4.97. The van der Waals surface area contributed by atoms with Gasteiger partial charge in [-0.25, -0.2) is 4.79 Å². The van der Waals surface area contributed by atoms with Crippen LogP contribution in [0.4, 0.5) is 4.79 Å². The Labute approximate surface area is 128 Å². The molecule has 4 nitrogen and oxygen atoms in total. The predicted molar refractivity (Wildman–Crippen MR) is 83.0 cm³/mol. The van der Waals surface area contributed by atoms with Gasteiger partial charge in [-0.15, -0.1) is 0 Å². The summed E-state index contributed by atoms with van der Waals surface area (Å²) in [6, 6.07) is 7.69. The highest BCUT2D eigenvalue weighted by atomic mass is 79.9. The molecule has 1 aliphatic heterocycles. The second kappa shape index (κ2) is 7.53. The maximum absolute atomic E-state index is 11.9. The molecule has 1 N–H and O–H groups in total. The largest absolute Gasteiger partial charge is 0.492 e. The minimum absolute atomic E-state index is 0.0244. The first-order valence-electron chi connectivity index (χ1n) is 7.06. The average molecular weight is 341 g/mol. The van der Waals surface area contributed by atoms with Crippen molar-refractivity contribution in [1.29, 1.82) is 0 Å². The van der Waals surface area contributed by atoms with Crippen LogP contribution >= 0.6 is 15.9 Å². The van der Waals surface area contributed by atoms with E-state index in [9.17, 15) is 4.79 Å². The van der Waals surface area contributed by atoms with Crippen LogP contribution in [0, 0.1) is 5.92 Å². The molecule has 5 heteroatoms. The minimum atomic E-state index is 0.0244. The fourth-order valence-electron chi connectivity index (χ4n) is 2.18. The number of rotatable bonds is 4. The average Bonchev–Trinajstić information content (AvgIpc) is 2.46. The van der Waals surface area contributed by atoms with Crippen molar-refractivity contribution in [2.24, 2.45) is 5.92 Å². The quantitative estimate of drug-likeness (QED) is 0.854. The smallest absolute Gasteiger partial charge is 0.317 e. The van der Waals surface area contributed by atoms with E-state index in [4.69, 9.17) is 4.74 Å². The number of benzene rings is 1. The number of carbonyl (C=O) groups excluding carboxylic acids is 1. The topological polar surface area (TPSA) is 41.6 Å². The van der Waals surface area contributed by atoms with E-state index in [2.05, 4.69) is 28.2 Å². The van der Waals surface area contributed by atoms with E-state index in [1.165, 1.54) is 0 Å². The number of amides is 2. The molecular weight excluding hydrogens is 320 g/mol. The number of halogens is 1. The van der Waals surface area contributed by atoms with Crippen LogP contribution in [0.5, 0.6) is 5.75 Å². The standard InChI is InChI=1S/C15H21BrN2O2/c1-12-6-9-18(10-7-12)15(19)17-8-11-20-14-4-2-13(16)3-5-14/h2-5,12H,6-11H2,1H3,(H,17,19). The molecule has 1 heterocycles. The van der Waals surface area contributed by atoms with Crippen LogP contribution < -0.4 is 10.1 Å². The number of nitrogens with one attached hydrogen (secondary N) is 1. The van der Waals surface area contributed by atoms with Crippen molar-refractivity contribution in [3.63, 3.8) is 0 Å². The fourth-order valence-corrected chi connectivity index (χ4v) is 2.45. The molecule has 1 aromatic rings. The van der Waals surface area contributed by atoms with E-state index in [1.807, 2.05) is 29.2 Å². The van der Waals surface area contributed by atoms with Gasteiger partial charge in [0, 0.05) is 17.6 Å². The molecule has 0 saturated carbocycles. The maximum Gasteiger partial charge on any atom is 0.317 e. The van der Waals surface area contributed by atoms with Crippen molar-refractivity contribution in [1.82, 2.24) is 10.2 Å². The molecule has 0 aromatic heterocycles. The second-order valence-corrected chi connectivity index (χ2v) is 6.12. The first-order chi connectivity index (χ1) is 9.65. The molecule has 20 heavy (non-hydrogen) atoms. The fraction of sp³-hybridized carbons (Fsp3) is 0.533. The molecule has 0 atom stereocenters. The summed E-state index contributed by atoms with van der Waals surface area (Å²) < 4.78 is 6.59. The lowest BCUT2D eigenvalue weighted by molar-refractivity contribution is 0.172. The number of urea groups is 1. The molecule has 1 saturated heterocycles. The number of piperidine rings is 1. The monoisotopic (exact) mass is 340 g/mol. The summed E-state index contributed by atoms with van der Waals surface area (Å²) in [5.41, 5.74) is 0. The van der Waals surface area contributed by atoms with Gasteiger partial charge in [-0.1, -0.05) is 22.9 Å². The molecule has 2 amide bonds. The van der Waals surface area contributed by atoms with Gasteiger partial charge in [0.25, 0.3) is 0 Å². The molecule has 0 radical (unpaired) electrons. The lowest BCUT2D eigenvalue weighted by Gasteiger charge is -2.30. The Bertz CT molecular complexity index is 428. The summed E-state index contributed by atoms with van der Waals surface area (Å²) in [4.78, 5) is 13.8. The molecule has 0 spiro atoms. The normalized spacial score (nSPS) is 16.0. The second-order valence-electron chi connectivity index (χ2n) is 5.20. The molecule has 1 fully saturated rings. The zero-order valence-electron chi connectivity index (χ0n) is 11.8. The predicted octanol–water partition coefficient (Wildman–Crippen LogP) is 3.27. The molecule has 0 bridgehead atoms. The number of likely N-dealkylation sites (tertiary alicyclic amines) is 1. The minimum Gasteiger partial charge on any atom is -0.492 e. The van der Waals surface area contributed by atoms with Crippen LogP contribution in [0.1, 0.15) is 19.8 Å². The number of carbonyl (C=O) groups is 1. The molecular formula is C15H21BrN2O2. The van der Waals surface area contributed by atoms with E-state index >= 15 is 0 Å². The van der Waals surface area contributed by atoms with Crippen molar-refractivity contribution in [3.05, 3.63) is 28.7 Å². The van der Waals surface area contributed by atoms with E-state index < -0.39 is 0 Å². The van der Waals surface area contributed by atoms with Gasteiger partial charge in [0.15, 0.2) is 0 Å². The Morgan fingerprint density at radius 2 is 2.00 bits per heavy atom. The van der Waals surface area contributed by atoms with Crippen LogP contribution in [-0.4, -0.2) is 37.2 Å². The first-order valence-corrected chi connectivity index (χ1v) is 7.85. The SMILES string of the molecule is CC1CCN(C(=O)NCCOc2ccc(Br)cc2)CC1. The summed E-state index contributed by atoms with van der Waals surface area (Å²) in [6.07, 6.45) is 2.20. The van der Waals surface area contributed by atoms with Crippen molar-refractivity contribution in [3.8, 4) is 5.75 Å².